The molecule has 0 spiro atoms. The lowest BCUT2D eigenvalue weighted by atomic mass is 9.98. The van der Waals surface area contributed by atoms with Crippen molar-refractivity contribution < 1.29 is 9.18 Å². The van der Waals surface area contributed by atoms with Crippen molar-refractivity contribution in [1.29, 1.82) is 0 Å². The van der Waals surface area contributed by atoms with Crippen molar-refractivity contribution in [3.8, 4) is 0 Å². The first-order chi connectivity index (χ1) is 8.08. The van der Waals surface area contributed by atoms with Gasteiger partial charge in [0.15, 0.2) is 0 Å². The summed E-state index contributed by atoms with van der Waals surface area (Å²) in [5.74, 6) is 0.311. The molecule has 1 saturated heterocycles. The Balaban J connectivity index is 2.16. The van der Waals surface area contributed by atoms with E-state index in [0.29, 0.717) is 11.5 Å². The van der Waals surface area contributed by atoms with Gasteiger partial charge in [0, 0.05) is 18.7 Å². The van der Waals surface area contributed by atoms with Crippen LogP contribution in [-0.2, 0) is 0 Å². The van der Waals surface area contributed by atoms with Gasteiger partial charge in [-0.1, -0.05) is 13.0 Å². The van der Waals surface area contributed by atoms with Crippen LogP contribution in [0.15, 0.2) is 18.2 Å². The van der Waals surface area contributed by atoms with Crippen LogP contribution in [-0.4, -0.2) is 23.9 Å². The van der Waals surface area contributed by atoms with Gasteiger partial charge in [0.25, 0.3) is 5.91 Å². The van der Waals surface area contributed by atoms with E-state index in [1.165, 1.54) is 12.1 Å². The minimum Gasteiger partial charge on any atom is -0.339 e. The van der Waals surface area contributed by atoms with Gasteiger partial charge >= 0.3 is 0 Å². The Morgan fingerprint density at radius 1 is 1.35 bits per heavy atom. The molecule has 1 aliphatic rings. The molecular weight excluding hydrogens is 217 g/mol. The highest BCUT2D eigenvalue weighted by atomic mass is 19.1. The lowest BCUT2D eigenvalue weighted by Gasteiger charge is -2.30. The molecule has 1 aliphatic heterocycles. The summed E-state index contributed by atoms with van der Waals surface area (Å²) in [6, 6.07) is 4.40. The second-order valence-corrected chi connectivity index (χ2v) is 4.93. The molecule has 0 atom stereocenters. The van der Waals surface area contributed by atoms with Crippen molar-refractivity contribution in [2.24, 2.45) is 5.92 Å². The van der Waals surface area contributed by atoms with Gasteiger partial charge in [-0.25, -0.2) is 4.39 Å². The number of rotatable bonds is 1. The van der Waals surface area contributed by atoms with E-state index in [4.69, 9.17) is 0 Å². The molecule has 0 radical (unpaired) electrons. The topological polar surface area (TPSA) is 20.3 Å². The Labute approximate surface area is 101 Å². The summed E-state index contributed by atoms with van der Waals surface area (Å²) in [5, 5.41) is 0. The van der Waals surface area contributed by atoms with Gasteiger partial charge in [0.1, 0.15) is 5.82 Å². The highest BCUT2D eigenvalue weighted by molar-refractivity contribution is 5.95. The zero-order chi connectivity index (χ0) is 12.4. The molecule has 2 rings (SSSR count). The van der Waals surface area contributed by atoms with E-state index < -0.39 is 0 Å². The fraction of sp³-hybridized carbons (Fsp3) is 0.500. The number of halogens is 1. The summed E-state index contributed by atoms with van der Waals surface area (Å²) in [6.07, 6.45) is 2.08. The molecule has 1 aromatic rings. The Morgan fingerprint density at radius 3 is 2.65 bits per heavy atom. The number of hydrogen-bond acceptors (Lipinski definition) is 1. The van der Waals surface area contributed by atoms with Crippen molar-refractivity contribution in [3.63, 3.8) is 0 Å². The summed E-state index contributed by atoms with van der Waals surface area (Å²) < 4.78 is 13.2. The normalized spacial score (nSPS) is 17.2. The molecule has 3 heteroatoms. The molecule has 0 unspecified atom stereocenters. The summed E-state index contributed by atoms with van der Waals surface area (Å²) >= 11 is 0. The SMILES string of the molecule is Cc1ccc(F)cc1C(=O)N1CCC(C)CC1. The maximum atomic E-state index is 13.2. The van der Waals surface area contributed by atoms with Crippen LogP contribution in [0.2, 0.25) is 0 Å². The van der Waals surface area contributed by atoms with Crippen molar-refractivity contribution >= 4 is 5.91 Å². The summed E-state index contributed by atoms with van der Waals surface area (Å²) in [4.78, 5) is 14.1. The fourth-order valence-corrected chi connectivity index (χ4v) is 2.21. The number of hydrogen-bond donors (Lipinski definition) is 0. The Kier molecular flexibility index (Phi) is 3.46. The predicted molar refractivity (Wildman–Crippen MR) is 65.4 cm³/mol. The summed E-state index contributed by atoms with van der Waals surface area (Å²) in [7, 11) is 0. The fourth-order valence-electron chi connectivity index (χ4n) is 2.21. The highest BCUT2D eigenvalue weighted by Crippen LogP contribution is 2.20. The average Bonchev–Trinajstić information content (AvgIpc) is 2.32. The summed E-state index contributed by atoms with van der Waals surface area (Å²) in [6.45, 7) is 5.63. The first-order valence-corrected chi connectivity index (χ1v) is 6.13. The maximum absolute atomic E-state index is 13.2. The number of nitrogens with zero attached hydrogens (tertiary/aromatic N) is 1. The minimum atomic E-state index is -0.343. The summed E-state index contributed by atoms with van der Waals surface area (Å²) in [5.41, 5.74) is 1.34. The molecule has 1 heterocycles. The molecule has 1 fully saturated rings. The van der Waals surface area contributed by atoms with Gasteiger partial charge in [-0.15, -0.1) is 0 Å². The Bertz CT molecular complexity index is 422. The van der Waals surface area contributed by atoms with Gasteiger partial charge in [-0.3, -0.25) is 4.79 Å². The van der Waals surface area contributed by atoms with E-state index >= 15 is 0 Å². The van der Waals surface area contributed by atoms with Crippen LogP contribution in [0.1, 0.15) is 35.7 Å². The van der Waals surface area contributed by atoms with Crippen molar-refractivity contribution in [2.45, 2.75) is 26.7 Å². The molecular formula is C14H18FNO. The van der Waals surface area contributed by atoms with E-state index in [0.717, 1.165) is 31.5 Å². The third-order valence-corrected chi connectivity index (χ3v) is 3.50. The van der Waals surface area contributed by atoms with Crippen LogP contribution in [0.5, 0.6) is 0 Å². The van der Waals surface area contributed by atoms with E-state index in [-0.39, 0.29) is 11.7 Å². The van der Waals surface area contributed by atoms with Crippen LogP contribution in [0, 0.1) is 18.7 Å². The first-order valence-electron chi connectivity index (χ1n) is 6.13. The number of benzene rings is 1. The lowest BCUT2D eigenvalue weighted by molar-refractivity contribution is 0.0696. The van der Waals surface area contributed by atoms with E-state index in [1.807, 2.05) is 11.8 Å². The standard InChI is InChI=1S/C14H18FNO/c1-10-5-7-16(8-6-10)14(17)13-9-12(15)4-3-11(13)2/h3-4,9-10H,5-8H2,1-2H3. The molecule has 17 heavy (non-hydrogen) atoms. The monoisotopic (exact) mass is 235 g/mol. The first kappa shape index (κ1) is 12.1. The third kappa shape index (κ3) is 2.65. The molecule has 0 aliphatic carbocycles. The van der Waals surface area contributed by atoms with Crippen LogP contribution in [0.3, 0.4) is 0 Å². The van der Waals surface area contributed by atoms with Crippen molar-refractivity contribution in [1.82, 2.24) is 4.90 Å². The molecule has 1 amide bonds. The molecule has 0 aromatic heterocycles. The van der Waals surface area contributed by atoms with Gasteiger partial charge in [0.05, 0.1) is 0 Å². The Morgan fingerprint density at radius 2 is 2.00 bits per heavy atom. The lowest BCUT2D eigenvalue weighted by Crippen LogP contribution is -2.38. The molecule has 0 bridgehead atoms. The number of aryl methyl sites for hydroxylation is 1. The number of carbonyl (C=O) groups is 1. The van der Waals surface area contributed by atoms with E-state index in [1.54, 1.807) is 6.07 Å². The minimum absolute atomic E-state index is 0.0334. The van der Waals surface area contributed by atoms with Gasteiger partial charge < -0.3 is 4.90 Å². The maximum Gasteiger partial charge on any atom is 0.254 e. The largest absolute Gasteiger partial charge is 0.339 e. The molecule has 0 N–H and O–H groups in total. The van der Waals surface area contributed by atoms with Crippen LogP contribution >= 0.6 is 0 Å². The van der Waals surface area contributed by atoms with Crippen molar-refractivity contribution in [3.05, 3.63) is 35.1 Å². The molecule has 92 valence electrons. The number of likely N-dealkylation sites (tertiary alicyclic amines) is 1. The van der Waals surface area contributed by atoms with Crippen LogP contribution < -0.4 is 0 Å². The van der Waals surface area contributed by atoms with Crippen LogP contribution in [0.25, 0.3) is 0 Å². The van der Waals surface area contributed by atoms with E-state index in [2.05, 4.69) is 6.92 Å². The number of carbonyl (C=O) groups excluding carboxylic acids is 1. The average molecular weight is 235 g/mol. The van der Waals surface area contributed by atoms with Gasteiger partial charge in [-0.2, -0.15) is 0 Å². The number of piperidine rings is 1. The zero-order valence-corrected chi connectivity index (χ0v) is 10.4. The zero-order valence-electron chi connectivity index (χ0n) is 10.4. The second kappa shape index (κ2) is 4.86. The quantitative estimate of drug-likeness (QED) is 0.732. The molecule has 0 saturated carbocycles. The van der Waals surface area contributed by atoms with Gasteiger partial charge in [0.2, 0.25) is 0 Å². The number of amides is 1. The second-order valence-electron chi connectivity index (χ2n) is 4.93. The molecule has 1 aromatic carbocycles. The highest BCUT2D eigenvalue weighted by Gasteiger charge is 2.22. The third-order valence-electron chi connectivity index (χ3n) is 3.50. The van der Waals surface area contributed by atoms with Crippen molar-refractivity contribution in [2.75, 3.05) is 13.1 Å². The van der Waals surface area contributed by atoms with Gasteiger partial charge in [-0.05, 0) is 43.4 Å². The molecule has 2 nitrogen and oxygen atoms in total. The van der Waals surface area contributed by atoms with E-state index in [9.17, 15) is 9.18 Å². The Hall–Kier alpha value is -1.38. The van der Waals surface area contributed by atoms with Crippen LogP contribution in [0.4, 0.5) is 4.39 Å². The predicted octanol–water partition coefficient (Wildman–Crippen LogP) is 3.01. The smallest absolute Gasteiger partial charge is 0.254 e.